The van der Waals surface area contributed by atoms with Crippen LogP contribution in [-0.4, -0.2) is 16.5 Å². The van der Waals surface area contributed by atoms with Gasteiger partial charge in [-0.05, 0) is 76.5 Å². The minimum atomic E-state index is 0.839. The van der Waals surface area contributed by atoms with Crippen molar-refractivity contribution in [2.75, 3.05) is 7.11 Å². The number of rotatable bonds is 3. The minimum absolute atomic E-state index is 0.839. The summed E-state index contributed by atoms with van der Waals surface area (Å²) in [4.78, 5) is 5.10. The van der Waals surface area contributed by atoms with Crippen molar-refractivity contribution in [1.29, 1.82) is 0 Å². The van der Waals surface area contributed by atoms with Crippen molar-refractivity contribution >= 4 is 38.1 Å². The minimum Gasteiger partial charge on any atom is -0.497 e. The lowest BCUT2D eigenvalue weighted by Gasteiger charge is -2.10. The van der Waals surface area contributed by atoms with Gasteiger partial charge in [0.05, 0.1) is 23.8 Å². The number of ether oxygens (including phenoxy) is 1. The molecule has 35 heavy (non-hydrogen) atoms. The fourth-order valence-electron chi connectivity index (χ4n) is 5.10. The summed E-state index contributed by atoms with van der Waals surface area (Å²) in [5, 5.41) is 4.88. The van der Waals surface area contributed by atoms with E-state index < -0.39 is 0 Å². The molecule has 0 aliphatic heterocycles. The summed E-state index contributed by atoms with van der Waals surface area (Å²) in [7, 11) is 1.69. The van der Waals surface area contributed by atoms with Crippen molar-refractivity contribution in [2.45, 2.75) is 0 Å². The summed E-state index contributed by atoms with van der Waals surface area (Å²) >= 11 is 0. The zero-order valence-corrected chi connectivity index (χ0v) is 19.3. The van der Waals surface area contributed by atoms with Gasteiger partial charge >= 0.3 is 0 Å². The lowest BCUT2D eigenvalue weighted by Crippen LogP contribution is -1.93. The van der Waals surface area contributed by atoms with Gasteiger partial charge in [0.25, 0.3) is 0 Å². The molecule has 0 amide bonds. The SMILES string of the molecule is COc1ccc(-c2nc3ccccc3c3cc4cc(-c5ccc6ccccc6c5)ccn4c23)cc1. The highest BCUT2D eigenvalue weighted by Gasteiger charge is 2.15. The third kappa shape index (κ3) is 3.17. The monoisotopic (exact) mass is 450 g/mol. The lowest BCUT2D eigenvalue weighted by atomic mass is 10.0. The Morgan fingerprint density at radius 1 is 0.629 bits per heavy atom. The highest BCUT2D eigenvalue weighted by Crippen LogP contribution is 2.36. The number of aromatic nitrogens is 2. The van der Waals surface area contributed by atoms with Crippen molar-refractivity contribution in [1.82, 2.24) is 9.38 Å². The standard InChI is InChI=1S/C32H22N2O/c1-35-27-14-12-22(13-15-27)31-32-29(28-8-4-5-9-30(28)33-31)20-26-19-25(16-17-34(26)32)24-11-10-21-6-2-3-7-23(21)18-24/h2-20H,1H3. The first-order valence-electron chi connectivity index (χ1n) is 11.8. The topological polar surface area (TPSA) is 26.5 Å². The molecule has 0 fully saturated rings. The smallest absolute Gasteiger partial charge is 0.118 e. The fraction of sp³-hybridized carbons (Fsp3) is 0.0312. The molecule has 3 heterocycles. The molecule has 3 aromatic heterocycles. The van der Waals surface area contributed by atoms with E-state index in [-0.39, 0.29) is 0 Å². The molecule has 0 saturated carbocycles. The Morgan fingerprint density at radius 2 is 1.37 bits per heavy atom. The van der Waals surface area contributed by atoms with Gasteiger partial charge in [-0.25, -0.2) is 4.98 Å². The van der Waals surface area contributed by atoms with Crippen LogP contribution in [0.3, 0.4) is 0 Å². The second kappa shape index (κ2) is 7.71. The molecule has 0 saturated heterocycles. The van der Waals surface area contributed by atoms with E-state index >= 15 is 0 Å². The van der Waals surface area contributed by atoms with Gasteiger partial charge in [-0.15, -0.1) is 0 Å². The summed E-state index contributed by atoms with van der Waals surface area (Å²) in [5.41, 5.74) is 7.73. The van der Waals surface area contributed by atoms with Gasteiger partial charge in [0.15, 0.2) is 0 Å². The van der Waals surface area contributed by atoms with E-state index in [0.717, 1.165) is 38.9 Å². The zero-order chi connectivity index (χ0) is 23.4. The Hall–Kier alpha value is -4.63. The molecule has 3 heteroatoms. The van der Waals surface area contributed by atoms with Crippen molar-refractivity contribution in [3.8, 4) is 28.1 Å². The second-order valence-electron chi connectivity index (χ2n) is 8.88. The van der Waals surface area contributed by atoms with Gasteiger partial charge in [-0.1, -0.05) is 54.6 Å². The number of nitrogens with zero attached hydrogens (tertiary/aromatic N) is 2. The van der Waals surface area contributed by atoms with Crippen LogP contribution in [0.2, 0.25) is 0 Å². The van der Waals surface area contributed by atoms with Crippen molar-refractivity contribution in [2.24, 2.45) is 0 Å². The Labute approximate surface area is 202 Å². The second-order valence-corrected chi connectivity index (χ2v) is 8.88. The van der Waals surface area contributed by atoms with Crippen LogP contribution in [0.4, 0.5) is 0 Å². The molecule has 0 unspecified atom stereocenters. The van der Waals surface area contributed by atoms with Crippen LogP contribution < -0.4 is 4.74 Å². The van der Waals surface area contributed by atoms with E-state index in [0.29, 0.717) is 0 Å². The summed E-state index contributed by atoms with van der Waals surface area (Å²) in [5.74, 6) is 0.839. The highest BCUT2D eigenvalue weighted by atomic mass is 16.5. The van der Waals surface area contributed by atoms with Crippen LogP contribution in [0, 0.1) is 0 Å². The van der Waals surface area contributed by atoms with E-state index in [1.165, 1.54) is 27.3 Å². The molecule has 4 aromatic carbocycles. The van der Waals surface area contributed by atoms with E-state index in [1.807, 2.05) is 18.2 Å². The molecule has 0 radical (unpaired) electrons. The third-order valence-electron chi connectivity index (χ3n) is 6.87. The first kappa shape index (κ1) is 19.8. The van der Waals surface area contributed by atoms with Crippen molar-refractivity contribution < 1.29 is 4.74 Å². The predicted octanol–water partition coefficient (Wildman–Crippen LogP) is 8.14. The molecule has 0 aliphatic rings. The largest absolute Gasteiger partial charge is 0.497 e. The third-order valence-corrected chi connectivity index (χ3v) is 6.87. The average molecular weight is 451 g/mol. The number of fused-ring (bicyclic) bond motifs is 6. The van der Waals surface area contributed by atoms with Crippen molar-refractivity contribution in [3.63, 3.8) is 0 Å². The highest BCUT2D eigenvalue weighted by molar-refractivity contribution is 6.12. The summed E-state index contributed by atoms with van der Waals surface area (Å²) < 4.78 is 7.64. The summed E-state index contributed by atoms with van der Waals surface area (Å²) in [6.07, 6.45) is 2.17. The number of hydrogen-bond acceptors (Lipinski definition) is 2. The molecular weight excluding hydrogens is 428 g/mol. The van der Waals surface area contributed by atoms with Crippen molar-refractivity contribution in [3.05, 3.63) is 115 Å². The molecule has 7 aromatic rings. The zero-order valence-electron chi connectivity index (χ0n) is 19.3. The predicted molar refractivity (Wildman–Crippen MR) is 145 cm³/mol. The van der Waals surface area contributed by atoms with Crippen LogP contribution in [0.15, 0.2) is 115 Å². The summed E-state index contributed by atoms with van der Waals surface area (Å²) in [6, 6.07) is 38.5. The van der Waals surface area contributed by atoms with Gasteiger partial charge in [0.1, 0.15) is 5.75 Å². The maximum absolute atomic E-state index is 5.37. The quantitative estimate of drug-likeness (QED) is 0.272. The van der Waals surface area contributed by atoms with Gasteiger partial charge < -0.3 is 9.14 Å². The number of para-hydroxylation sites is 1. The molecule has 0 bridgehead atoms. The van der Waals surface area contributed by atoms with Crippen LogP contribution in [-0.2, 0) is 0 Å². The van der Waals surface area contributed by atoms with Crippen LogP contribution >= 0.6 is 0 Å². The lowest BCUT2D eigenvalue weighted by molar-refractivity contribution is 0.415. The Bertz CT molecular complexity index is 1880. The Morgan fingerprint density at radius 3 is 2.23 bits per heavy atom. The molecule has 0 aliphatic carbocycles. The Balaban J connectivity index is 1.49. The number of methoxy groups -OCH3 is 1. The summed E-state index contributed by atoms with van der Waals surface area (Å²) in [6.45, 7) is 0. The van der Waals surface area contributed by atoms with Gasteiger partial charge in [-0.2, -0.15) is 0 Å². The normalized spacial score (nSPS) is 11.6. The van der Waals surface area contributed by atoms with E-state index in [2.05, 4.69) is 102 Å². The van der Waals surface area contributed by atoms with E-state index in [1.54, 1.807) is 7.11 Å². The average Bonchev–Trinajstić information content (AvgIpc) is 3.31. The molecule has 0 atom stereocenters. The molecule has 7 rings (SSSR count). The van der Waals surface area contributed by atoms with E-state index in [9.17, 15) is 0 Å². The molecule has 3 nitrogen and oxygen atoms in total. The van der Waals surface area contributed by atoms with Crippen LogP contribution in [0.5, 0.6) is 5.75 Å². The van der Waals surface area contributed by atoms with Gasteiger partial charge in [0, 0.05) is 28.0 Å². The Kier molecular flexibility index (Phi) is 4.36. The van der Waals surface area contributed by atoms with Gasteiger partial charge in [-0.3, -0.25) is 0 Å². The molecular formula is C32H22N2O. The van der Waals surface area contributed by atoms with Crippen LogP contribution in [0.1, 0.15) is 0 Å². The van der Waals surface area contributed by atoms with E-state index in [4.69, 9.17) is 9.72 Å². The number of hydrogen-bond donors (Lipinski definition) is 0. The van der Waals surface area contributed by atoms with Crippen LogP contribution in [0.25, 0.3) is 60.5 Å². The van der Waals surface area contributed by atoms with Gasteiger partial charge in [0.2, 0.25) is 0 Å². The number of benzene rings is 4. The molecule has 166 valence electrons. The number of pyridine rings is 2. The maximum atomic E-state index is 5.37. The first-order valence-corrected chi connectivity index (χ1v) is 11.8. The maximum Gasteiger partial charge on any atom is 0.118 e. The fourth-order valence-corrected chi connectivity index (χ4v) is 5.10. The molecule has 0 spiro atoms. The molecule has 0 N–H and O–H groups in total. The first-order chi connectivity index (χ1) is 17.3.